The monoisotopic (exact) mass is 172 g/mol. The molecule has 0 amide bonds. The minimum atomic E-state index is 0.710. The van der Waals surface area contributed by atoms with Gasteiger partial charge in [-0.25, -0.2) is 0 Å². The molecule has 0 unspecified atom stereocenters. The van der Waals surface area contributed by atoms with Gasteiger partial charge in [-0.15, -0.1) is 0 Å². The molecule has 0 bridgehead atoms. The maximum atomic E-state index is 10.7. The normalized spacial score (nSPS) is 10.5. The molecule has 1 aromatic heterocycles. The summed E-state index contributed by atoms with van der Waals surface area (Å²) in [6.07, 6.45) is 3.37. The quantitative estimate of drug-likeness (QED) is 0.635. The molecule has 1 radical (unpaired) electrons. The lowest BCUT2D eigenvalue weighted by Crippen LogP contribution is -1.90. The molecule has 0 aliphatic heterocycles. The summed E-state index contributed by atoms with van der Waals surface area (Å²) in [6, 6.07) is 7.84. The molecule has 2 heteroatoms. The van der Waals surface area contributed by atoms with Crippen LogP contribution in [0.25, 0.3) is 10.9 Å². The van der Waals surface area contributed by atoms with Crippen LogP contribution in [0.4, 0.5) is 0 Å². The summed E-state index contributed by atoms with van der Waals surface area (Å²) in [5, 5.41) is 1.12. The van der Waals surface area contributed by atoms with E-state index < -0.39 is 0 Å². The molecule has 2 rings (SSSR count). The van der Waals surface area contributed by atoms with Crippen molar-refractivity contribution in [1.29, 1.82) is 0 Å². The highest BCUT2D eigenvalue weighted by Crippen LogP contribution is 2.20. The van der Waals surface area contributed by atoms with Crippen LogP contribution in [0.2, 0.25) is 0 Å². The Morgan fingerprint density at radius 3 is 2.85 bits per heavy atom. The smallest absolute Gasteiger partial charge is 0.218 e. The number of hydrogen-bond donors (Lipinski definition) is 0. The first-order valence-electron chi connectivity index (χ1n) is 4.20. The predicted molar refractivity (Wildman–Crippen MR) is 53.1 cm³/mol. The fourth-order valence-electron chi connectivity index (χ4n) is 1.56. The summed E-state index contributed by atoms with van der Waals surface area (Å²) in [5.74, 6) is 0. The third-order valence-electron chi connectivity index (χ3n) is 2.21. The Balaban J connectivity index is 2.81. The zero-order valence-corrected chi connectivity index (χ0v) is 7.23. The van der Waals surface area contributed by atoms with Crippen LogP contribution in [0.5, 0.6) is 0 Å². The van der Waals surface area contributed by atoms with Gasteiger partial charge in [-0.2, -0.15) is 0 Å². The second kappa shape index (κ2) is 3.05. The SMILES string of the molecule is [CH2]Cc1cn(C=O)c2ccccc12. The summed E-state index contributed by atoms with van der Waals surface area (Å²) >= 11 is 0. The van der Waals surface area contributed by atoms with Gasteiger partial charge in [0.1, 0.15) is 0 Å². The zero-order chi connectivity index (χ0) is 9.26. The average molecular weight is 172 g/mol. The van der Waals surface area contributed by atoms with E-state index in [1.54, 1.807) is 4.57 Å². The number of hydrogen-bond acceptors (Lipinski definition) is 1. The number of para-hydroxylation sites is 1. The molecule has 13 heavy (non-hydrogen) atoms. The largest absolute Gasteiger partial charge is 0.290 e. The molecule has 0 aliphatic rings. The van der Waals surface area contributed by atoms with Gasteiger partial charge in [-0.05, 0) is 25.0 Å². The van der Waals surface area contributed by atoms with Crippen LogP contribution in [0, 0.1) is 6.92 Å². The summed E-state index contributed by atoms with van der Waals surface area (Å²) < 4.78 is 1.59. The Morgan fingerprint density at radius 2 is 2.15 bits per heavy atom. The molecule has 1 heterocycles. The lowest BCUT2D eigenvalue weighted by atomic mass is 10.1. The Bertz CT molecular complexity index is 442. The molecule has 0 fully saturated rings. The molecule has 0 saturated carbocycles. The molecule has 65 valence electrons. The fraction of sp³-hybridized carbons (Fsp3) is 0.0909. The zero-order valence-electron chi connectivity index (χ0n) is 7.23. The van der Waals surface area contributed by atoms with E-state index in [1.807, 2.05) is 30.5 Å². The Labute approximate surface area is 76.8 Å². The van der Waals surface area contributed by atoms with Crippen LogP contribution in [-0.4, -0.2) is 11.0 Å². The van der Waals surface area contributed by atoms with Gasteiger partial charge in [-0.1, -0.05) is 18.2 Å². The molecule has 0 atom stereocenters. The third kappa shape index (κ3) is 1.15. The van der Waals surface area contributed by atoms with Gasteiger partial charge in [0, 0.05) is 11.6 Å². The van der Waals surface area contributed by atoms with E-state index in [1.165, 1.54) is 0 Å². The van der Waals surface area contributed by atoms with Crippen LogP contribution in [0.15, 0.2) is 30.5 Å². The van der Waals surface area contributed by atoms with Gasteiger partial charge >= 0.3 is 0 Å². The van der Waals surface area contributed by atoms with Gasteiger partial charge < -0.3 is 0 Å². The minimum Gasteiger partial charge on any atom is -0.290 e. The lowest BCUT2D eigenvalue weighted by molar-refractivity contribution is 0.549. The summed E-state index contributed by atoms with van der Waals surface area (Å²) in [4.78, 5) is 10.7. The molecule has 0 aliphatic carbocycles. The predicted octanol–water partition coefficient (Wildman–Crippen LogP) is 2.06. The van der Waals surface area contributed by atoms with Crippen molar-refractivity contribution in [3.8, 4) is 0 Å². The van der Waals surface area contributed by atoms with Crippen molar-refractivity contribution in [2.24, 2.45) is 0 Å². The second-order valence-corrected chi connectivity index (χ2v) is 2.93. The van der Waals surface area contributed by atoms with E-state index in [4.69, 9.17) is 0 Å². The molecule has 2 nitrogen and oxygen atoms in total. The summed E-state index contributed by atoms with van der Waals surface area (Å²) in [5.41, 5.74) is 2.07. The lowest BCUT2D eigenvalue weighted by Gasteiger charge is -1.92. The average Bonchev–Trinajstić information content (AvgIpc) is 2.56. The molecule has 0 saturated heterocycles. The first-order chi connectivity index (χ1) is 6.36. The maximum Gasteiger partial charge on any atom is 0.218 e. The third-order valence-corrected chi connectivity index (χ3v) is 2.21. The van der Waals surface area contributed by atoms with E-state index >= 15 is 0 Å². The molecule has 0 spiro atoms. The molecule has 2 aromatic rings. The van der Waals surface area contributed by atoms with Crippen LogP contribution < -0.4 is 0 Å². The maximum absolute atomic E-state index is 10.7. The number of rotatable bonds is 2. The van der Waals surface area contributed by atoms with E-state index in [0.717, 1.165) is 22.9 Å². The number of carbonyl (C=O) groups is 1. The summed E-state index contributed by atoms with van der Waals surface area (Å²) in [7, 11) is 0. The van der Waals surface area contributed by atoms with Crippen molar-refractivity contribution < 1.29 is 4.79 Å². The summed E-state index contributed by atoms with van der Waals surface area (Å²) in [6.45, 7) is 3.82. The van der Waals surface area contributed by atoms with Gasteiger partial charge in [0.05, 0.1) is 5.52 Å². The van der Waals surface area contributed by atoms with Gasteiger partial charge in [-0.3, -0.25) is 9.36 Å². The molecular weight excluding hydrogens is 162 g/mol. The number of nitrogens with zero attached hydrogens (tertiary/aromatic N) is 1. The Morgan fingerprint density at radius 1 is 1.38 bits per heavy atom. The Kier molecular flexibility index (Phi) is 1.89. The molecule has 1 aromatic carbocycles. The van der Waals surface area contributed by atoms with Crippen molar-refractivity contribution in [2.75, 3.05) is 0 Å². The van der Waals surface area contributed by atoms with Crippen molar-refractivity contribution in [2.45, 2.75) is 6.42 Å². The highest BCUT2D eigenvalue weighted by atomic mass is 16.1. The van der Waals surface area contributed by atoms with Crippen molar-refractivity contribution >= 4 is 17.3 Å². The van der Waals surface area contributed by atoms with Crippen LogP contribution in [0.3, 0.4) is 0 Å². The Hall–Kier alpha value is -1.57. The standard InChI is InChI=1S/C11H10NO/c1-2-9-7-12(8-13)11-6-4-3-5-10(9)11/h3-8H,1-2H2. The second-order valence-electron chi connectivity index (χ2n) is 2.93. The van der Waals surface area contributed by atoms with E-state index in [0.29, 0.717) is 6.42 Å². The topological polar surface area (TPSA) is 22.0 Å². The first-order valence-corrected chi connectivity index (χ1v) is 4.20. The highest BCUT2D eigenvalue weighted by molar-refractivity contribution is 5.88. The van der Waals surface area contributed by atoms with E-state index in [-0.39, 0.29) is 0 Å². The van der Waals surface area contributed by atoms with Gasteiger partial charge in [0.25, 0.3) is 0 Å². The molecule has 0 N–H and O–H groups in total. The van der Waals surface area contributed by atoms with Gasteiger partial charge in [0.2, 0.25) is 6.41 Å². The highest BCUT2D eigenvalue weighted by Gasteiger charge is 2.04. The number of carbonyl (C=O) groups excluding carboxylic acids is 1. The number of benzene rings is 1. The molecular formula is C11H10NO. The first kappa shape index (κ1) is 8.05. The van der Waals surface area contributed by atoms with Crippen molar-refractivity contribution in [3.05, 3.63) is 42.9 Å². The minimum absolute atomic E-state index is 0.710. The van der Waals surface area contributed by atoms with Crippen LogP contribution in [0.1, 0.15) is 5.56 Å². The number of fused-ring (bicyclic) bond motifs is 1. The van der Waals surface area contributed by atoms with Gasteiger partial charge in [0.15, 0.2) is 0 Å². The van der Waals surface area contributed by atoms with E-state index in [2.05, 4.69) is 6.92 Å². The fourth-order valence-corrected chi connectivity index (χ4v) is 1.56. The van der Waals surface area contributed by atoms with Crippen molar-refractivity contribution in [1.82, 2.24) is 4.57 Å². The van der Waals surface area contributed by atoms with Crippen LogP contribution in [-0.2, 0) is 11.2 Å². The number of aromatic nitrogens is 1. The van der Waals surface area contributed by atoms with Crippen molar-refractivity contribution in [3.63, 3.8) is 0 Å². The van der Waals surface area contributed by atoms with Crippen LogP contribution >= 0.6 is 0 Å². The van der Waals surface area contributed by atoms with E-state index in [9.17, 15) is 4.79 Å².